The van der Waals surface area contributed by atoms with E-state index in [2.05, 4.69) is 68.8 Å². The number of hydrogen-bond donors (Lipinski definition) is 15. The molecule has 2 aromatic rings. The number of phosphoric ester groups is 1. The SMILES string of the molecule is Nc1nc(N)c2c(C#CCNC(=O)CCSSCCC(=O)N3CCCC3C(=O)N3CCCC3C(=O)NC(CCCCNC(=O)C(=O)[C@@H](N)CS)C(=O)N3CCCC3C(=O)NC(CC(=O)O)C(=O)O)cn(C3CC(O)C(COP(=O)(O)OP(=O)(O)OP(=O)(O)O)O3)c2n1. The summed E-state index contributed by atoms with van der Waals surface area (Å²) in [5, 5.41) is 39.7. The molecule has 92 heavy (non-hydrogen) atoms. The van der Waals surface area contributed by atoms with Gasteiger partial charge in [-0.1, -0.05) is 33.4 Å². The van der Waals surface area contributed by atoms with Gasteiger partial charge in [0, 0.05) is 68.9 Å². The Morgan fingerprint density at radius 2 is 1.42 bits per heavy atom. The molecule has 0 aliphatic carbocycles. The maximum atomic E-state index is 14.3. The molecule has 2 aromatic heterocycles. The summed E-state index contributed by atoms with van der Waals surface area (Å²) in [6, 6.07) is -7.32. The highest BCUT2D eigenvalue weighted by Crippen LogP contribution is 2.66. The average molecular weight is 1420 g/mol. The van der Waals surface area contributed by atoms with Gasteiger partial charge >= 0.3 is 35.4 Å². The molecule has 6 heterocycles. The topological polar surface area (TPSA) is 567 Å². The number of aliphatic carboxylic acids is 2. The molecule has 4 fully saturated rings. The van der Waals surface area contributed by atoms with E-state index in [1.54, 1.807) is 0 Å². The van der Waals surface area contributed by atoms with E-state index < -0.39 is 138 Å². The number of amides is 7. The van der Waals surface area contributed by atoms with Crippen LogP contribution >= 0.6 is 57.7 Å². The number of carbonyl (C=O) groups is 10. The molecule has 37 nitrogen and oxygen atoms in total. The highest BCUT2D eigenvalue weighted by molar-refractivity contribution is 8.76. The average Bonchev–Trinajstić information content (AvgIpc) is 1.62. The van der Waals surface area contributed by atoms with E-state index >= 15 is 0 Å². The molecule has 10 unspecified atom stereocenters. The molecule has 510 valence electrons. The second-order valence-corrected chi connectivity index (χ2v) is 28.7. The predicted molar refractivity (Wildman–Crippen MR) is 326 cm³/mol. The van der Waals surface area contributed by atoms with Gasteiger partial charge in [-0.05, 0) is 57.8 Å². The van der Waals surface area contributed by atoms with E-state index in [0.717, 1.165) is 0 Å². The van der Waals surface area contributed by atoms with Crippen LogP contribution < -0.4 is 38.5 Å². The molecule has 0 aromatic carbocycles. The molecule has 7 amide bonds. The van der Waals surface area contributed by atoms with Crippen molar-refractivity contribution in [3.63, 3.8) is 0 Å². The number of nitrogens with two attached hydrogens (primary N) is 3. The minimum atomic E-state index is -5.81. The lowest BCUT2D eigenvalue weighted by Gasteiger charge is -2.33. The first-order valence-electron chi connectivity index (χ1n) is 28.5. The van der Waals surface area contributed by atoms with Crippen LogP contribution in [0.5, 0.6) is 0 Å². The Hall–Kier alpha value is -5.98. The molecule has 0 saturated carbocycles. The molecule has 4 saturated heterocycles. The number of Topliss-reactive ketones (excluding diaryl/α,β-unsaturated/α-hetero) is 1. The number of nitrogen functional groups attached to an aromatic ring is 2. The third-order valence-corrected chi connectivity index (χ3v) is 21.3. The van der Waals surface area contributed by atoms with Gasteiger partial charge < -0.3 is 97.4 Å². The fourth-order valence-corrected chi connectivity index (χ4v) is 15.6. The zero-order chi connectivity index (χ0) is 67.8. The first kappa shape index (κ1) is 75.1. The van der Waals surface area contributed by atoms with Crippen molar-refractivity contribution in [3.8, 4) is 11.8 Å². The minimum absolute atomic E-state index is 0.00541. The number of rotatable bonds is 33. The van der Waals surface area contributed by atoms with Gasteiger partial charge in [-0.3, -0.25) is 47.7 Å². The van der Waals surface area contributed by atoms with Gasteiger partial charge in [-0.25, -0.2) is 18.5 Å². The van der Waals surface area contributed by atoms with Crippen LogP contribution in [-0.4, -0.2) is 228 Å². The largest absolute Gasteiger partial charge is 0.490 e. The zero-order valence-electron chi connectivity index (χ0n) is 48.9. The Kier molecular flexibility index (Phi) is 27.7. The third kappa shape index (κ3) is 21.5. The highest BCUT2D eigenvalue weighted by atomic mass is 33.1. The zero-order valence-corrected chi connectivity index (χ0v) is 54.1. The van der Waals surface area contributed by atoms with Gasteiger partial charge in [0.25, 0.3) is 5.91 Å². The number of thiol groups is 1. The minimum Gasteiger partial charge on any atom is -0.481 e. The molecule has 17 N–H and O–H groups in total. The van der Waals surface area contributed by atoms with Crippen LogP contribution in [0.25, 0.3) is 11.0 Å². The van der Waals surface area contributed by atoms with E-state index in [0.29, 0.717) is 37.2 Å². The summed E-state index contributed by atoms with van der Waals surface area (Å²) in [5.74, 6) is -2.33. The van der Waals surface area contributed by atoms with E-state index in [9.17, 15) is 86.7 Å². The summed E-state index contributed by atoms with van der Waals surface area (Å²) < 4.78 is 54.1. The van der Waals surface area contributed by atoms with Crippen LogP contribution in [0.15, 0.2) is 6.20 Å². The van der Waals surface area contributed by atoms with Crippen LogP contribution in [0.3, 0.4) is 0 Å². The van der Waals surface area contributed by atoms with E-state index in [-0.39, 0.29) is 130 Å². The Balaban J connectivity index is 0.969. The number of carbonyl (C=O) groups excluding carboxylic acids is 8. The monoisotopic (exact) mass is 1420 g/mol. The van der Waals surface area contributed by atoms with Crippen molar-refractivity contribution < 1.29 is 114 Å². The second-order valence-electron chi connectivity index (χ2n) is 21.2. The number of nitrogens with zero attached hydrogens (tertiary/aromatic N) is 6. The first-order valence-corrected chi connectivity index (χ1v) is 36.1. The number of likely N-dealkylation sites (tertiary alicyclic amines) is 3. The van der Waals surface area contributed by atoms with Gasteiger partial charge in [0.05, 0.1) is 42.7 Å². The molecule has 11 atom stereocenters. The van der Waals surface area contributed by atoms with E-state index in [1.807, 2.05) is 0 Å². The third-order valence-electron chi connectivity index (χ3n) is 14.6. The molecule has 0 radical (unpaired) electrons. The Morgan fingerprint density at radius 1 is 0.804 bits per heavy atom. The van der Waals surface area contributed by atoms with Crippen molar-refractivity contribution in [1.82, 2.24) is 50.5 Å². The number of carboxylic acid groups (broad SMARTS) is 2. The second kappa shape index (κ2) is 33.9. The number of aliphatic hydroxyl groups excluding tert-OH is 1. The summed E-state index contributed by atoms with van der Waals surface area (Å²) in [6.45, 7) is -0.568. The summed E-state index contributed by atoms with van der Waals surface area (Å²) >= 11 is 3.93. The number of aromatic nitrogens is 3. The normalized spacial score (nSPS) is 22.1. The fourth-order valence-electron chi connectivity index (χ4n) is 10.4. The lowest BCUT2D eigenvalue weighted by Crippen LogP contribution is -2.58. The van der Waals surface area contributed by atoms with Crippen molar-refractivity contribution in [2.24, 2.45) is 5.73 Å². The van der Waals surface area contributed by atoms with Crippen molar-refractivity contribution in [3.05, 3.63) is 11.8 Å². The highest BCUT2D eigenvalue weighted by Gasteiger charge is 2.46. The van der Waals surface area contributed by atoms with E-state index in [1.165, 1.54) is 47.1 Å². The van der Waals surface area contributed by atoms with Crippen LogP contribution in [0.4, 0.5) is 11.8 Å². The number of phosphoric acid groups is 3. The van der Waals surface area contributed by atoms with Crippen molar-refractivity contribution in [2.75, 3.05) is 68.1 Å². The Bertz CT molecular complexity index is 3320. The molecule has 0 spiro atoms. The molecule has 43 heteroatoms. The summed E-state index contributed by atoms with van der Waals surface area (Å²) in [6.07, 6.45) is -1.13. The predicted octanol–water partition coefficient (Wildman–Crippen LogP) is -2.17. The molecule has 4 aliphatic rings. The van der Waals surface area contributed by atoms with Crippen LogP contribution in [0.1, 0.15) is 95.3 Å². The van der Waals surface area contributed by atoms with Gasteiger partial charge in [0.1, 0.15) is 48.4 Å². The lowest BCUT2D eigenvalue weighted by molar-refractivity contribution is -0.149. The van der Waals surface area contributed by atoms with Crippen molar-refractivity contribution >= 4 is 140 Å². The fraction of sp³-hybridized carbons (Fsp3) is 0.633. The van der Waals surface area contributed by atoms with Gasteiger partial charge in [0.2, 0.25) is 47.2 Å². The molecule has 4 aliphatic heterocycles. The lowest BCUT2D eigenvalue weighted by atomic mass is 10.0. The van der Waals surface area contributed by atoms with E-state index in [4.69, 9.17) is 31.7 Å². The molecule has 0 bridgehead atoms. The van der Waals surface area contributed by atoms with Gasteiger partial charge in [-0.2, -0.15) is 31.2 Å². The number of ketones is 1. The van der Waals surface area contributed by atoms with Crippen molar-refractivity contribution in [1.29, 1.82) is 0 Å². The van der Waals surface area contributed by atoms with Crippen LogP contribution in [0.2, 0.25) is 0 Å². The number of aliphatic hydroxyl groups is 1. The number of unbranched alkanes of at least 4 members (excludes halogenated alkanes) is 1. The van der Waals surface area contributed by atoms with Crippen molar-refractivity contribution in [2.45, 2.75) is 138 Å². The standard InChI is InChI=1S/C49H72N13O24P3S3/c50-27(25-90)40(68)45(71)54-14-2-1-8-28(46(72)60-17-4-9-30(60)44(70)56-29(48(74)75)21-38(66)67)55-43(69)31-10-5-18-61(31)47(73)32-11-6-16-59(32)36(65)13-20-92-91-19-12-35(64)53-15-3-7-26-23-62(42-39(26)41(51)57-49(52)58-42)37-22-33(63)34(84-37)24-83-88(79,80)86-89(81,82)85-87(76,77)78/h23,27-34,37,63,90H,1-2,4-6,8-22,24-25,50H2,(H,53,64)(H,54,71)(H,55,69)(H,56,70)(H,66,67)(H,74,75)(H,79,80)(H,81,82)(H2,76,77,78)(H4,51,52,57,58)/t27-,28?,29?,30?,31?,32?,33?,34?,37?/m0/s1. The van der Waals surface area contributed by atoms with Crippen LogP contribution in [-0.2, 0) is 79.5 Å². The number of ether oxygens (including phenoxy) is 1. The van der Waals surface area contributed by atoms with Crippen LogP contribution in [0, 0.1) is 11.8 Å². The maximum absolute atomic E-state index is 14.3. The number of carboxylic acids is 2. The smallest absolute Gasteiger partial charge is 0.481 e. The summed E-state index contributed by atoms with van der Waals surface area (Å²) in [5.41, 5.74) is 18.0. The Morgan fingerprint density at radius 3 is 2.07 bits per heavy atom. The number of hydrogen-bond acceptors (Lipinski definition) is 26. The molecule has 6 rings (SSSR count). The summed E-state index contributed by atoms with van der Waals surface area (Å²) in [7, 11) is -14.3. The molecular weight excluding hydrogens is 1340 g/mol. The van der Waals surface area contributed by atoms with Gasteiger partial charge in [0.15, 0.2) is 5.65 Å². The van der Waals surface area contributed by atoms with Gasteiger partial charge in [-0.15, -0.1) is 0 Å². The summed E-state index contributed by atoms with van der Waals surface area (Å²) in [4.78, 5) is 179. The number of fused-ring (bicyclic) bond motifs is 1. The Labute approximate surface area is 537 Å². The number of anilines is 2. The quantitative estimate of drug-likeness (QED) is 0.00903. The molecular formula is C49H72N13O24P3S3. The maximum Gasteiger partial charge on any atom is 0.490 e. The number of nitrogens with one attached hydrogen (secondary N) is 4. The first-order chi connectivity index (χ1) is 43.3.